The van der Waals surface area contributed by atoms with Gasteiger partial charge in [0.05, 0.1) is 5.54 Å². The molecule has 0 radical (unpaired) electrons. The summed E-state index contributed by atoms with van der Waals surface area (Å²) >= 11 is 0. The fourth-order valence-corrected chi connectivity index (χ4v) is 3.32. The quantitative estimate of drug-likeness (QED) is 0.787. The number of aliphatic carboxylic acids is 1. The van der Waals surface area contributed by atoms with Crippen molar-refractivity contribution in [2.24, 2.45) is 5.92 Å². The number of nitrogens with zero attached hydrogens (tertiary/aromatic N) is 1. The van der Waals surface area contributed by atoms with Gasteiger partial charge in [0, 0.05) is 19.5 Å². The normalized spacial score (nSPS) is 30.8. The first-order valence-corrected chi connectivity index (χ1v) is 7.33. The summed E-state index contributed by atoms with van der Waals surface area (Å²) in [6.45, 7) is 4.51. The lowest BCUT2D eigenvalue weighted by Crippen LogP contribution is -2.54. The monoisotopic (exact) mass is 268 g/mol. The standard InChI is InChI=1S/C14H24N2O3/c1-2-14(7-3-8-15-14)13(19)16-9-6-11(10-16)4-5-12(17)18/h11,15H,2-10H2,1H3,(H,17,18). The molecular formula is C14H24N2O3. The van der Waals surface area contributed by atoms with Crippen LogP contribution in [0.4, 0.5) is 0 Å². The van der Waals surface area contributed by atoms with Crippen LogP contribution in [0.25, 0.3) is 0 Å². The topological polar surface area (TPSA) is 69.6 Å². The fourth-order valence-electron chi connectivity index (χ4n) is 3.32. The summed E-state index contributed by atoms with van der Waals surface area (Å²) in [5.41, 5.74) is -0.346. The average molecular weight is 268 g/mol. The van der Waals surface area contributed by atoms with E-state index >= 15 is 0 Å². The molecule has 5 heteroatoms. The van der Waals surface area contributed by atoms with E-state index in [4.69, 9.17) is 5.11 Å². The number of nitrogens with one attached hydrogen (secondary N) is 1. The maximum Gasteiger partial charge on any atom is 0.303 e. The minimum Gasteiger partial charge on any atom is -0.481 e. The lowest BCUT2D eigenvalue weighted by atomic mass is 9.92. The third-order valence-electron chi connectivity index (χ3n) is 4.60. The molecule has 0 saturated carbocycles. The Kier molecular flexibility index (Phi) is 4.45. The van der Waals surface area contributed by atoms with E-state index in [1.54, 1.807) is 0 Å². The molecule has 2 rings (SSSR count). The van der Waals surface area contributed by atoms with Crippen LogP contribution >= 0.6 is 0 Å². The first kappa shape index (κ1) is 14.3. The van der Waals surface area contributed by atoms with Crippen molar-refractivity contribution in [2.75, 3.05) is 19.6 Å². The molecule has 0 aliphatic carbocycles. The van der Waals surface area contributed by atoms with E-state index < -0.39 is 5.97 Å². The number of hydrogen-bond acceptors (Lipinski definition) is 3. The van der Waals surface area contributed by atoms with Crippen LogP contribution in [0.1, 0.15) is 45.4 Å². The molecule has 0 aromatic rings. The van der Waals surface area contributed by atoms with Crippen LogP contribution in [0.5, 0.6) is 0 Å². The summed E-state index contributed by atoms with van der Waals surface area (Å²) in [5.74, 6) is -0.159. The van der Waals surface area contributed by atoms with Crippen LogP contribution in [-0.2, 0) is 9.59 Å². The van der Waals surface area contributed by atoms with E-state index in [9.17, 15) is 9.59 Å². The van der Waals surface area contributed by atoms with Crippen LogP contribution in [0.3, 0.4) is 0 Å². The molecule has 1 amide bonds. The molecule has 2 N–H and O–H groups in total. The number of likely N-dealkylation sites (tertiary alicyclic amines) is 1. The number of carboxylic acid groups (broad SMARTS) is 1. The highest BCUT2D eigenvalue weighted by atomic mass is 16.4. The van der Waals surface area contributed by atoms with Crippen LogP contribution in [-0.4, -0.2) is 47.1 Å². The molecule has 2 unspecified atom stereocenters. The molecule has 19 heavy (non-hydrogen) atoms. The molecule has 2 atom stereocenters. The number of amides is 1. The second-order valence-corrected chi connectivity index (χ2v) is 5.80. The number of rotatable bonds is 5. The van der Waals surface area contributed by atoms with E-state index in [1.807, 2.05) is 4.90 Å². The summed E-state index contributed by atoms with van der Waals surface area (Å²) < 4.78 is 0. The van der Waals surface area contributed by atoms with Crippen LogP contribution in [0.2, 0.25) is 0 Å². The highest BCUT2D eigenvalue weighted by molar-refractivity contribution is 5.87. The predicted octanol–water partition coefficient (Wildman–Crippen LogP) is 1.23. The van der Waals surface area contributed by atoms with Crippen LogP contribution in [0, 0.1) is 5.92 Å². The summed E-state index contributed by atoms with van der Waals surface area (Å²) in [4.78, 5) is 25.2. The lowest BCUT2D eigenvalue weighted by Gasteiger charge is -2.31. The summed E-state index contributed by atoms with van der Waals surface area (Å²) in [6.07, 6.45) is 4.67. The van der Waals surface area contributed by atoms with Crippen molar-refractivity contribution in [1.29, 1.82) is 0 Å². The third-order valence-corrected chi connectivity index (χ3v) is 4.60. The molecule has 0 bridgehead atoms. The van der Waals surface area contributed by atoms with Gasteiger partial charge in [0.2, 0.25) is 5.91 Å². The van der Waals surface area contributed by atoms with Gasteiger partial charge in [0.15, 0.2) is 0 Å². The van der Waals surface area contributed by atoms with Gasteiger partial charge in [0.25, 0.3) is 0 Å². The largest absolute Gasteiger partial charge is 0.481 e. The van der Waals surface area contributed by atoms with Gasteiger partial charge >= 0.3 is 5.97 Å². The summed E-state index contributed by atoms with van der Waals surface area (Å²) in [7, 11) is 0. The van der Waals surface area contributed by atoms with Crippen molar-refractivity contribution >= 4 is 11.9 Å². The van der Waals surface area contributed by atoms with Gasteiger partial charge in [-0.1, -0.05) is 6.92 Å². The zero-order valence-corrected chi connectivity index (χ0v) is 11.7. The Balaban J connectivity index is 1.89. The van der Waals surface area contributed by atoms with Gasteiger partial charge in [-0.3, -0.25) is 9.59 Å². The van der Waals surface area contributed by atoms with Crippen molar-refractivity contribution in [1.82, 2.24) is 10.2 Å². The second-order valence-electron chi connectivity index (χ2n) is 5.80. The van der Waals surface area contributed by atoms with Crippen LogP contribution < -0.4 is 5.32 Å². The van der Waals surface area contributed by atoms with Crippen molar-refractivity contribution in [2.45, 2.75) is 51.0 Å². The van der Waals surface area contributed by atoms with E-state index in [0.717, 1.165) is 45.3 Å². The zero-order valence-electron chi connectivity index (χ0n) is 11.7. The highest BCUT2D eigenvalue weighted by Gasteiger charge is 2.43. The molecule has 2 aliphatic rings. The Bertz CT molecular complexity index is 351. The molecule has 2 heterocycles. The van der Waals surface area contributed by atoms with E-state index in [2.05, 4.69) is 12.2 Å². The Morgan fingerprint density at radius 3 is 2.84 bits per heavy atom. The first-order chi connectivity index (χ1) is 9.07. The number of hydrogen-bond donors (Lipinski definition) is 2. The summed E-state index contributed by atoms with van der Waals surface area (Å²) in [6, 6.07) is 0. The average Bonchev–Trinajstić information content (AvgIpc) is 3.05. The molecule has 0 aromatic carbocycles. The molecule has 5 nitrogen and oxygen atoms in total. The first-order valence-electron chi connectivity index (χ1n) is 7.33. The second kappa shape index (κ2) is 5.90. The predicted molar refractivity (Wildman–Crippen MR) is 71.8 cm³/mol. The Hall–Kier alpha value is -1.10. The third kappa shape index (κ3) is 3.08. The Labute approximate surface area is 114 Å². The molecule has 2 fully saturated rings. The van der Waals surface area contributed by atoms with Gasteiger partial charge in [-0.05, 0) is 44.6 Å². The molecule has 2 aliphatic heterocycles. The zero-order chi connectivity index (χ0) is 13.9. The Morgan fingerprint density at radius 2 is 2.26 bits per heavy atom. The SMILES string of the molecule is CCC1(C(=O)N2CCC(CCC(=O)O)C2)CCCN1. The van der Waals surface area contributed by atoms with Gasteiger partial charge in [-0.2, -0.15) is 0 Å². The van der Waals surface area contributed by atoms with Crippen molar-refractivity contribution in [3.05, 3.63) is 0 Å². The van der Waals surface area contributed by atoms with Crippen LogP contribution in [0.15, 0.2) is 0 Å². The molecule has 0 spiro atoms. The van der Waals surface area contributed by atoms with Crippen molar-refractivity contribution in [3.63, 3.8) is 0 Å². The van der Waals surface area contributed by atoms with Gasteiger partial charge in [-0.25, -0.2) is 0 Å². The maximum atomic E-state index is 12.6. The molecule has 2 saturated heterocycles. The number of carboxylic acids is 1. The van der Waals surface area contributed by atoms with Crippen molar-refractivity contribution in [3.8, 4) is 0 Å². The smallest absolute Gasteiger partial charge is 0.303 e. The van der Waals surface area contributed by atoms with E-state index in [-0.39, 0.29) is 17.9 Å². The number of carbonyl (C=O) groups is 2. The lowest BCUT2D eigenvalue weighted by molar-refractivity contribution is -0.137. The number of carbonyl (C=O) groups excluding carboxylic acids is 1. The Morgan fingerprint density at radius 1 is 1.47 bits per heavy atom. The van der Waals surface area contributed by atoms with Crippen molar-refractivity contribution < 1.29 is 14.7 Å². The molecule has 0 aromatic heterocycles. The van der Waals surface area contributed by atoms with E-state index in [1.165, 1.54) is 0 Å². The van der Waals surface area contributed by atoms with Gasteiger partial charge in [-0.15, -0.1) is 0 Å². The summed E-state index contributed by atoms with van der Waals surface area (Å²) in [5, 5.41) is 12.1. The molecular weight excluding hydrogens is 244 g/mol. The fraction of sp³-hybridized carbons (Fsp3) is 0.857. The highest BCUT2D eigenvalue weighted by Crippen LogP contribution is 2.29. The van der Waals surface area contributed by atoms with E-state index in [0.29, 0.717) is 12.3 Å². The van der Waals surface area contributed by atoms with Gasteiger partial charge in [0.1, 0.15) is 0 Å². The van der Waals surface area contributed by atoms with Gasteiger partial charge < -0.3 is 15.3 Å². The minimum atomic E-state index is -0.743. The maximum absolute atomic E-state index is 12.6. The minimum absolute atomic E-state index is 0.212. The molecule has 108 valence electrons.